The van der Waals surface area contributed by atoms with Crippen molar-refractivity contribution in [2.24, 2.45) is 5.73 Å². The molecule has 1 saturated heterocycles. The van der Waals surface area contributed by atoms with Gasteiger partial charge in [-0.05, 0) is 6.07 Å². The predicted octanol–water partition coefficient (Wildman–Crippen LogP) is -0.668. The minimum atomic E-state index is -0.916. The van der Waals surface area contributed by atoms with Gasteiger partial charge in [0.25, 0.3) is 0 Å². The fourth-order valence-corrected chi connectivity index (χ4v) is 1.83. The number of piperidine rings is 1. The van der Waals surface area contributed by atoms with Gasteiger partial charge < -0.3 is 15.4 Å². The normalized spacial score (nSPS) is 16.3. The molecule has 1 aromatic rings. The molecule has 2 amide bonds. The summed E-state index contributed by atoms with van der Waals surface area (Å²) in [5.41, 5.74) is 4.94. The first-order valence-corrected chi connectivity index (χ1v) is 5.69. The van der Waals surface area contributed by atoms with Crippen LogP contribution in [0.4, 0.5) is 0 Å². The molecule has 0 saturated carbocycles. The van der Waals surface area contributed by atoms with Crippen molar-refractivity contribution in [2.75, 3.05) is 13.1 Å². The molecule has 0 spiro atoms. The summed E-state index contributed by atoms with van der Waals surface area (Å²) in [5, 5.41) is 0. The van der Waals surface area contributed by atoms with Crippen LogP contribution in [0, 0.1) is 0 Å². The molecule has 2 rings (SSSR count). The van der Waals surface area contributed by atoms with Gasteiger partial charge in [-0.1, -0.05) is 0 Å². The van der Waals surface area contributed by atoms with E-state index >= 15 is 0 Å². The lowest BCUT2D eigenvalue weighted by Gasteiger charge is -2.30. The molecule has 1 aliphatic heterocycles. The number of ether oxygens (including phenoxy) is 1. The van der Waals surface area contributed by atoms with E-state index in [1.54, 1.807) is 18.5 Å². The largest absolute Gasteiger partial charge is 0.460 e. The highest BCUT2D eigenvalue weighted by Crippen LogP contribution is 2.15. The third-order valence-corrected chi connectivity index (χ3v) is 2.75. The molecule has 18 heavy (non-hydrogen) atoms. The second-order valence-corrected chi connectivity index (χ2v) is 4.01. The molecule has 7 heteroatoms. The van der Waals surface area contributed by atoms with Gasteiger partial charge in [0.1, 0.15) is 6.10 Å². The van der Waals surface area contributed by atoms with E-state index in [4.69, 9.17) is 10.5 Å². The highest BCUT2D eigenvalue weighted by Gasteiger charge is 2.26. The third kappa shape index (κ3) is 2.93. The average molecular weight is 250 g/mol. The summed E-state index contributed by atoms with van der Waals surface area (Å²) in [6.07, 6.45) is 4.45. The van der Waals surface area contributed by atoms with E-state index in [0.29, 0.717) is 31.9 Å². The van der Waals surface area contributed by atoms with Gasteiger partial charge in [0.15, 0.2) is 0 Å². The molecule has 2 heterocycles. The number of amides is 2. The van der Waals surface area contributed by atoms with E-state index in [-0.39, 0.29) is 6.10 Å². The van der Waals surface area contributed by atoms with E-state index in [0.717, 1.165) is 0 Å². The fourth-order valence-electron chi connectivity index (χ4n) is 1.83. The Labute approximate surface area is 104 Å². The lowest BCUT2D eigenvalue weighted by atomic mass is 10.1. The molecule has 0 bridgehead atoms. The van der Waals surface area contributed by atoms with Gasteiger partial charge in [-0.2, -0.15) is 0 Å². The van der Waals surface area contributed by atoms with E-state index < -0.39 is 11.8 Å². The highest BCUT2D eigenvalue weighted by atomic mass is 16.5. The summed E-state index contributed by atoms with van der Waals surface area (Å²) in [7, 11) is 0. The molecular weight excluding hydrogens is 236 g/mol. The van der Waals surface area contributed by atoms with Crippen LogP contribution in [-0.4, -0.2) is 45.9 Å². The Kier molecular flexibility index (Phi) is 3.71. The number of primary amides is 1. The number of nitrogens with zero attached hydrogens (tertiary/aromatic N) is 3. The summed E-state index contributed by atoms with van der Waals surface area (Å²) in [6.45, 7) is 0.915. The van der Waals surface area contributed by atoms with E-state index in [1.165, 1.54) is 4.90 Å². The van der Waals surface area contributed by atoms with Crippen LogP contribution in [-0.2, 0) is 9.59 Å². The Morgan fingerprint density at radius 2 is 1.89 bits per heavy atom. The smallest absolute Gasteiger partial charge is 0.316 e. The average Bonchev–Trinajstić information content (AvgIpc) is 2.40. The van der Waals surface area contributed by atoms with Crippen molar-refractivity contribution < 1.29 is 14.3 Å². The van der Waals surface area contributed by atoms with Crippen LogP contribution in [0.15, 0.2) is 18.5 Å². The molecule has 0 aliphatic carbocycles. The number of nitrogens with two attached hydrogens (primary N) is 1. The summed E-state index contributed by atoms with van der Waals surface area (Å²) < 4.78 is 5.57. The fraction of sp³-hybridized carbons (Fsp3) is 0.455. The predicted molar refractivity (Wildman–Crippen MR) is 61.5 cm³/mol. The van der Waals surface area contributed by atoms with Crippen LogP contribution in [0.5, 0.6) is 6.01 Å². The summed E-state index contributed by atoms with van der Waals surface area (Å²) in [4.78, 5) is 31.5. The maximum absolute atomic E-state index is 11.3. The lowest BCUT2D eigenvalue weighted by Crippen LogP contribution is -2.46. The maximum Gasteiger partial charge on any atom is 0.316 e. The number of carbonyl (C=O) groups is 2. The zero-order valence-electron chi connectivity index (χ0n) is 9.78. The van der Waals surface area contributed by atoms with Gasteiger partial charge in [-0.3, -0.25) is 9.59 Å². The standard InChI is InChI=1S/C11H14N4O3/c12-9(16)10(17)15-6-2-8(3-7-15)18-11-13-4-1-5-14-11/h1,4-5,8H,2-3,6-7H2,(H2,12,16). The van der Waals surface area contributed by atoms with Crippen LogP contribution < -0.4 is 10.5 Å². The Hall–Kier alpha value is -2.18. The van der Waals surface area contributed by atoms with Crippen LogP contribution in [0.3, 0.4) is 0 Å². The molecule has 0 radical (unpaired) electrons. The summed E-state index contributed by atoms with van der Waals surface area (Å²) in [6, 6.07) is 2.04. The second kappa shape index (κ2) is 5.44. The van der Waals surface area contributed by atoms with Crippen molar-refractivity contribution in [2.45, 2.75) is 18.9 Å². The molecule has 0 unspecified atom stereocenters. The van der Waals surface area contributed by atoms with Gasteiger partial charge in [0.2, 0.25) is 0 Å². The minimum absolute atomic E-state index is 0.0377. The molecule has 1 aromatic heterocycles. The van der Waals surface area contributed by atoms with Gasteiger partial charge in [-0.15, -0.1) is 0 Å². The number of hydrogen-bond donors (Lipinski definition) is 1. The maximum atomic E-state index is 11.3. The molecule has 0 atom stereocenters. The first-order valence-electron chi connectivity index (χ1n) is 5.69. The van der Waals surface area contributed by atoms with Crippen molar-refractivity contribution >= 4 is 11.8 Å². The zero-order valence-corrected chi connectivity index (χ0v) is 9.78. The topological polar surface area (TPSA) is 98.4 Å². The number of aromatic nitrogens is 2. The molecule has 7 nitrogen and oxygen atoms in total. The first kappa shape index (κ1) is 12.3. The quantitative estimate of drug-likeness (QED) is 0.702. The van der Waals surface area contributed by atoms with E-state index in [1.807, 2.05) is 0 Å². The SMILES string of the molecule is NC(=O)C(=O)N1CCC(Oc2ncccn2)CC1. The summed E-state index contributed by atoms with van der Waals surface area (Å²) >= 11 is 0. The van der Waals surface area contributed by atoms with Gasteiger partial charge in [-0.25, -0.2) is 9.97 Å². The van der Waals surface area contributed by atoms with Crippen molar-refractivity contribution in [3.63, 3.8) is 0 Å². The van der Waals surface area contributed by atoms with Gasteiger partial charge >= 0.3 is 17.8 Å². The van der Waals surface area contributed by atoms with E-state index in [2.05, 4.69) is 9.97 Å². The molecule has 1 fully saturated rings. The highest BCUT2D eigenvalue weighted by molar-refractivity contribution is 6.34. The molecule has 1 aliphatic rings. The van der Waals surface area contributed by atoms with Gasteiger partial charge in [0, 0.05) is 38.3 Å². The van der Waals surface area contributed by atoms with Crippen LogP contribution in [0.25, 0.3) is 0 Å². The van der Waals surface area contributed by atoms with Crippen molar-refractivity contribution in [1.29, 1.82) is 0 Å². The molecule has 96 valence electrons. The monoisotopic (exact) mass is 250 g/mol. The second-order valence-electron chi connectivity index (χ2n) is 4.01. The minimum Gasteiger partial charge on any atom is -0.460 e. The lowest BCUT2D eigenvalue weighted by molar-refractivity contribution is -0.145. The van der Waals surface area contributed by atoms with Crippen LogP contribution in [0.2, 0.25) is 0 Å². The van der Waals surface area contributed by atoms with Crippen molar-refractivity contribution in [3.8, 4) is 6.01 Å². The molecule has 2 N–H and O–H groups in total. The first-order chi connectivity index (χ1) is 8.66. The Bertz CT molecular complexity index is 429. The Morgan fingerprint density at radius 3 is 2.44 bits per heavy atom. The Balaban J connectivity index is 1.84. The van der Waals surface area contributed by atoms with Gasteiger partial charge in [0.05, 0.1) is 0 Å². The van der Waals surface area contributed by atoms with Crippen molar-refractivity contribution in [3.05, 3.63) is 18.5 Å². The van der Waals surface area contributed by atoms with Crippen molar-refractivity contribution in [1.82, 2.24) is 14.9 Å². The number of likely N-dealkylation sites (tertiary alicyclic amines) is 1. The molecule has 0 aromatic carbocycles. The zero-order chi connectivity index (χ0) is 13.0. The number of carbonyl (C=O) groups excluding carboxylic acids is 2. The number of rotatable bonds is 2. The van der Waals surface area contributed by atoms with E-state index in [9.17, 15) is 9.59 Å². The molecular formula is C11H14N4O3. The van der Waals surface area contributed by atoms with Crippen LogP contribution in [0.1, 0.15) is 12.8 Å². The number of hydrogen-bond acceptors (Lipinski definition) is 5. The Morgan fingerprint density at radius 1 is 1.28 bits per heavy atom. The summed E-state index contributed by atoms with van der Waals surface area (Å²) in [5.74, 6) is -1.55. The van der Waals surface area contributed by atoms with Crippen LogP contribution >= 0.6 is 0 Å². The third-order valence-electron chi connectivity index (χ3n) is 2.75.